The average molecular weight is 312 g/mol. The fourth-order valence-corrected chi connectivity index (χ4v) is 4.41. The lowest BCUT2D eigenvalue weighted by Gasteiger charge is -2.22. The zero-order chi connectivity index (χ0) is 15.3. The van der Waals surface area contributed by atoms with Crippen molar-refractivity contribution in [3.8, 4) is 0 Å². The Morgan fingerprint density at radius 3 is 2.91 bits per heavy atom. The van der Waals surface area contributed by atoms with Crippen LogP contribution in [-0.4, -0.2) is 16.9 Å². The summed E-state index contributed by atoms with van der Waals surface area (Å²) in [5.41, 5.74) is 3.22. The minimum Gasteiger partial charge on any atom is -0.304 e. The van der Waals surface area contributed by atoms with Gasteiger partial charge in [-0.2, -0.15) is 0 Å². The number of aromatic nitrogens is 1. The van der Waals surface area contributed by atoms with Gasteiger partial charge in [0.2, 0.25) is 0 Å². The Balaban J connectivity index is 1.65. The quantitative estimate of drug-likeness (QED) is 0.858. The number of hydrogen-bond donors (Lipinski definition) is 0. The highest BCUT2D eigenvalue weighted by Gasteiger charge is 2.33. The Morgan fingerprint density at radius 2 is 2.14 bits per heavy atom. The molecule has 3 nitrogen and oxygen atoms in total. The van der Waals surface area contributed by atoms with Crippen molar-refractivity contribution in [1.29, 1.82) is 0 Å². The van der Waals surface area contributed by atoms with E-state index in [4.69, 9.17) is 0 Å². The SMILES string of the molecule is Cc1nc(CC2CC2)sc1C(=O)N1c2ccccc2CC1C. The molecule has 0 bridgehead atoms. The molecule has 4 heteroatoms. The molecular weight excluding hydrogens is 292 g/mol. The van der Waals surface area contributed by atoms with Gasteiger partial charge >= 0.3 is 0 Å². The first-order chi connectivity index (χ1) is 10.6. The average Bonchev–Trinajstić information content (AvgIpc) is 3.12. The summed E-state index contributed by atoms with van der Waals surface area (Å²) in [7, 11) is 0. The molecule has 0 N–H and O–H groups in total. The molecule has 1 aromatic heterocycles. The van der Waals surface area contributed by atoms with Crippen LogP contribution in [0.1, 0.15) is 45.7 Å². The van der Waals surface area contributed by atoms with Crippen LogP contribution in [0.2, 0.25) is 0 Å². The molecule has 1 aromatic carbocycles. The summed E-state index contributed by atoms with van der Waals surface area (Å²) in [6.07, 6.45) is 4.62. The fourth-order valence-electron chi connectivity index (χ4n) is 3.29. The molecule has 1 atom stereocenters. The molecule has 1 saturated carbocycles. The van der Waals surface area contributed by atoms with Crippen LogP contribution in [0.5, 0.6) is 0 Å². The maximum atomic E-state index is 13.1. The molecular formula is C18H20N2OS. The molecule has 1 aliphatic heterocycles. The van der Waals surface area contributed by atoms with Crippen LogP contribution in [0.25, 0.3) is 0 Å². The van der Waals surface area contributed by atoms with Gasteiger partial charge in [0.1, 0.15) is 4.88 Å². The topological polar surface area (TPSA) is 33.2 Å². The number of nitrogens with zero attached hydrogens (tertiary/aromatic N) is 2. The van der Waals surface area contributed by atoms with Crippen LogP contribution >= 0.6 is 11.3 Å². The largest absolute Gasteiger partial charge is 0.304 e. The van der Waals surface area contributed by atoms with Gasteiger partial charge in [0.05, 0.1) is 10.7 Å². The third kappa shape index (κ3) is 2.35. The van der Waals surface area contributed by atoms with Crippen molar-refractivity contribution in [2.24, 2.45) is 5.92 Å². The molecule has 1 amide bonds. The maximum Gasteiger partial charge on any atom is 0.270 e. The first kappa shape index (κ1) is 13.9. The molecule has 114 valence electrons. The first-order valence-electron chi connectivity index (χ1n) is 8.01. The van der Waals surface area contributed by atoms with E-state index in [1.54, 1.807) is 11.3 Å². The predicted molar refractivity (Wildman–Crippen MR) is 89.7 cm³/mol. The van der Waals surface area contributed by atoms with Crippen molar-refractivity contribution in [3.63, 3.8) is 0 Å². The molecule has 0 saturated heterocycles. The summed E-state index contributed by atoms with van der Waals surface area (Å²) >= 11 is 1.60. The number of carbonyl (C=O) groups is 1. The Bertz CT molecular complexity index is 732. The van der Waals surface area contributed by atoms with E-state index in [1.165, 1.54) is 18.4 Å². The number of para-hydroxylation sites is 1. The molecule has 2 heterocycles. The molecule has 1 fully saturated rings. The summed E-state index contributed by atoms with van der Waals surface area (Å²) in [6, 6.07) is 8.45. The normalized spacial score (nSPS) is 20.3. The van der Waals surface area contributed by atoms with Crippen molar-refractivity contribution < 1.29 is 4.79 Å². The lowest BCUT2D eigenvalue weighted by atomic mass is 10.1. The van der Waals surface area contributed by atoms with Gasteiger partial charge < -0.3 is 4.90 Å². The fraction of sp³-hybridized carbons (Fsp3) is 0.444. The van der Waals surface area contributed by atoms with Gasteiger partial charge in [0.25, 0.3) is 5.91 Å². The molecule has 2 aromatic rings. The highest BCUT2D eigenvalue weighted by atomic mass is 32.1. The van der Waals surface area contributed by atoms with Gasteiger partial charge in [-0.25, -0.2) is 4.98 Å². The number of fused-ring (bicyclic) bond motifs is 1. The minimum atomic E-state index is 0.120. The van der Waals surface area contributed by atoms with Gasteiger partial charge in [0.15, 0.2) is 0 Å². The van der Waals surface area contributed by atoms with Gasteiger partial charge in [-0.3, -0.25) is 4.79 Å². The van der Waals surface area contributed by atoms with E-state index in [0.29, 0.717) is 0 Å². The summed E-state index contributed by atoms with van der Waals surface area (Å²) in [4.78, 5) is 20.5. The number of aryl methyl sites for hydroxylation is 1. The third-order valence-corrected chi connectivity index (χ3v) is 5.79. The molecule has 0 spiro atoms. The van der Waals surface area contributed by atoms with E-state index in [1.807, 2.05) is 24.0 Å². The number of benzene rings is 1. The Morgan fingerprint density at radius 1 is 1.36 bits per heavy atom. The van der Waals surface area contributed by atoms with Crippen molar-refractivity contribution in [2.45, 2.75) is 45.6 Å². The zero-order valence-electron chi connectivity index (χ0n) is 13.0. The molecule has 0 radical (unpaired) electrons. The number of rotatable bonds is 3. The summed E-state index contributed by atoms with van der Waals surface area (Å²) in [5, 5.41) is 1.13. The molecule has 22 heavy (non-hydrogen) atoms. The van der Waals surface area contributed by atoms with Gasteiger partial charge in [0, 0.05) is 18.2 Å². The number of carbonyl (C=O) groups excluding carboxylic acids is 1. The van der Waals surface area contributed by atoms with Crippen LogP contribution in [-0.2, 0) is 12.8 Å². The highest BCUT2D eigenvalue weighted by Crippen LogP contribution is 2.37. The minimum absolute atomic E-state index is 0.120. The Hall–Kier alpha value is -1.68. The van der Waals surface area contributed by atoms with Crippen molar-refractivity contribution >= 4 is 22.9 Å². The second-order valence-electron chi connectivity index (χ2n) is 6.53. The lowest BCUT2D eigenvalue weighted by Crippen LogP contribution is -2.35. The van der Waals surface area contributed by atoms with Crippen LogP contribution in [0.4, 0.5) is 5.69 Å². The van der Waals surface area contributed by atoms with E-state index < -0.39 is 0 Å². The van der Waals surface area contributed by atoms with Crippen molar-refractivity contribution in [3.05, 3.63) is 45.4 Å². The number of anilines is 1. The number of amides is 1. The highest BCUT2D eigenvalue weighted by molar-refractivity contribution is 7.14. The van der Waals surface area contributed by atoms with Gasteiger partial charge in [-0.15, -0.1) is 11.3 Å². The summed E-state index contributed by atoms with van der Waals surface area (Å²) in [5.74, 6) is 0.925. The Labute approximate surface area is 135 Å². The molecule has 2 aliphatic rings. The summed E-state index contributed by atoms with van der Waals surface area (Å²) in [6.45, 7) is 4.09. The molecule has 1 unspecified atom stereocenters. The van der Waals surface area contributed by atoms with Crippen molar-refractivity contribution in [2.75, 3.05) is 4.90 Å². The smallest absolute Gasteiger partial charge is 0.270 e. The maximum absolute atomic E-state index is 13.1. The first-order valence-corrected chi connectivity index (χ1v) is 8.83. The second kappa shape index (κ2) is 5.20. The van der Waals surface area contributed by atoms with Crippen LogP contribution in [0.3, 0.4) is 0 Å². The van der Waals surface area contributed by atoms with Gasteiger partial charge in [-0.05, 0) is 50.7 Å². The van der Waals surface area contributed by atoms with Crippen LogP contribution in [0, 0.1) is 12.8 Å². The number of hydrogen-bond acceptors (Lipinski definition) is 3. The van der Waals surface area contributed by atoms with E-state index >= 15 is 0 Å². The second-order valence-corrected chi connectivity index (χ2v) is 7.61. The monoisotopic (exact) mass is 312 g/mol. The van der Waals surface area contributed by atoms with E-state index in [-0.39, 0.29) is 11.9 Å². The van der Waals surface area contributed by atoms with E-state index in [0.717, 1.165) is 40.0 Å². The third-order valence-electron chi connectivity index (χ3n) is 4.62. The zero-order valence-corrected chi connectivity index (χ0v) is 13.8. The Kier molecular flexibility index (Phi) is 3.30. The molecule has 1 aliphatic carbocycles. The van der Waals surface area contributed by atoms with E-state index in [2.05, 4.69) is 24.0 Å². The van der Waals surface area contributed by atoms with Gasteiger partial charge in [-0.1, -0.05) is 18.2 Å². The number of thiazole rings is 1. The van der Waals surface area contributed by atoms with Crippen LogP contribution in [0.15, 0.2) is 24.3 Å². The summed E-state index contributed by atoms with van der Waals surface area (Å²) < 4.78 is 0. The van der Waals surface area contributed by atoms with E-state index in [9.17, 15) is 4.79 Å². The standard InChI is InChI=1S/C18H20N2OS/c1-11-9-14-5-3-4-6-15(14)20(11)18(21)17-12(2)19-16(22-17)10-13-7-8-13/h3-6,11,13H,7-10H2,1-2H3. The predicted octanol–water partition coefficient (Wildman–Crippen LogP) is 4.00. The lowest BCUT2D eigenvalue weighted by molar-refractivity contribution is 0.0984. The molecule has 4 rings (SSSR count). The van der Waals surface area contributed by atoms with Crippen LogP contribution < -0.4 is 4.90 Å². The van der Waals surface area contributed by atoms with Crippen molar-refractivity contribution in [1.82, 2.24) is 4.98 Å².